The summed E-state index contributed by atoms with van der Waals surface area (Å²) in [5.41, 5.74) is 0.859. The molecule has 0 amide bonds. The number of cyclic esters (lactones) is 1. The first-order chi connectivity index (χ1) is 11.6. The molecule has 0 saturated carbocycles. The van der Waals surface area contributed by atoms with Gasteiger partial charge in [-0.1, -0.05) is 12.1 Å². The lowest BCUT2D eigenvalue weighted by Crippen LogP contribution is -2.07. The minimum absolute atomic E-state index is 0.0563. The Morgan fingerprint density at radius 3 is 2.38 bits per heavy atom. The molecule has 5 nitrogen and oxygen atoms in total. The first-order valence-corrected chi connectivity index (χ1v) is 7.11. The van der Waals surface area contributed by atoms with Gasteiger partial charge in [0.05, 0.1) is 19.8 Å². The number of benzene rings is 2. The van der Waals surface area contributed by atoms with Crippen molar-refractivity contribution in [2.24, 2.45) is 4.99 Å². The second kappa shape index (κ2) is 6.54. The molecule has 0 bridgehead atoms. The van der Waals surface area contributed by atoms with Crippen LogP contribution < -0.4 is 9.47 Å². The van der Waals surface area contributed by atoms with Gasteiger partial charge in [0, 0.05) is 6.07 Å². The molecule has 0 unspecified atom stereocenters. The minimum atomic E-state index is -0.643. The van der Waals surface area contributed by atoms with E-state index in [-0.39, 0.29) is 17.2 Å². The van der Waals surface area contributed by atoms with E-state index in [2.05, 4.69) is 4.99 Å². The molecule has 0 fully saturated rings. The van der Waals surface area contributed by atoms with Gasteiger partial charge in [0.1, 0.15) is 17.3 Å². The highest BCUT2D eigenvalue weighted by Crippen LogP contribution is 2.26. The largest absolute Gasteiger partial charge is 0.497 e. The summed E-state index contributed by atoms with van der Waals surface area (Å²) in [6.45, 7) is 0. The van der Waals surface area contributed by atoms with Gasteiger partial charge in [0.15, 0.2) is 5.70 Å². The number of rotatable bonds is 4. The van der Waals surface area contributed by atoms with Gasteiger partial charge in [-0.3, -0.25) is 0 Å². The molecule has 122 valence electrons. The van der Waals surface area contributed by atoms with Gasteiger partial charge < -0.3 is 14.2 Å². The molecule has 0 saturated heterocycles. The molecule has 0 atom stereocenters. The maximum atomic E-state index is 13.8. The number of nitrogens with zero attached hydrogens (tertiary/aromatic N) is 1. The SMILES string of the molecule is COc1cc(/C=C2/N=C(c3ccccc3F)OC2=O)cc(OC)c1. The van der Waals surface area contributed by atoms with Gasteiger partial charge in [-0.2, -0.15) is 0 Å². The highest BCUT2D eigenvalue weighted by molar-refractivity contribution is 6.12. The van der Waals surface area contributed by atoms with Crippen molar-refractivity contribution in [2.75, 3.05) is 14.2 Å². The van der Waals surface area contributed by atoms with Crippen molar-refractivity contribution in [3.63, 3.8) is 0 Å². The van der Waals surface area contributed by atoms with E-state index in [0.29, 0.717) is 17.1 Å². The zero-order valence-corrected chi connectivity index (χ0v) is 13.1. The topological polar surface area (TPSA) is 57.1 Å². The van der Waals surface area contributed by atoms with E-state index in [4.69, 9.17) is 14.2 Å². The van der Waals surface area contributed by atoms with Gasteiger partial charge in [0.25, 0.3) is 0 Å². The van der Waals surface area contributed by atoms with Crippen LogP contribution in [0.5, 0.6) is 11.5 Å². The molecule has 2 aromatic carbocycles. The van der Waals surface area contributed by atoms with Crippen molar-refractivity contribution in [3.05, 3.63) is 65.1 Å². The number of carbonyl (C=O) groups excluding carboxylic acids is 1. The van der Waals surface area contributed by atoms with E-state index < -0.39 is 11.8 Å². The average Bonchev–Trinajstić information content (AvgIpc) is 2.95. The molecule has 0 spiro atoms. The minimum Gasteiger partial charge on any atom is -0.497 e. The molecule has 0 aliphatic carbocycles. The lowest BCUT2D eigenvalue weighted by atomic mass is 10.1. The highest BCUT2D eigenvalue weighted by atomic mass is 19.1. The fourth-order valence-electron chi connectivity index (χ4n) is 2.23. The Labute approximate surface area is 138 Å². The lowest BCUT2D eigenvalue weighted by Gasteiger charge is -2.05. The molecular weight excluding hydrogens is 313 g/mol. The Kier molecular flexibility index (Phi) is 4.29. The molecule has 6 heteroatoms. The van der Waals surface area contributed by atoms with Crippen LogP contribution in [-0.4, -0.2) is 26.1 Å². The highest BCUT2D eigenvalue weighted by Gasteiger charge is 2.25. The van der Waals surface area contributed by atoms with Crippen LogP contribution in [0.4, 0.5) is 4.39 Å². The number of hydrogen-bond acceptors (Lipinski definition) is 5. The monoisotopic (exact) mass is 327 g/mol. The van der Waals surface area contributed by atoms with E-state index in [0.717, 1.165) is 0 Å². The molecular formula is C18H14FNO4. The van der Waals surface area contributed by atoms with E-state index in [1.54, 1.807) is 30.3 Å². The maximum Gasteiger partial charge on any atom is 0.363 e. The predicted molar refractivity (Wildman–Crippen MR) is 86.6 cm³/mol. The van der Waals surface area contributed by atoms with Crippen molar-refractivity contribution in [1.82, 2.24) is 0 Å². The third-order valence-corrected chi connectivity index (χ3v) is 3.40. The maximum absolute atomic E-state index is 13.8. The summed E-state index contributed by atoms with van der Waals surface area (Å²) < 4.78 is 29.2. The van der Waals surface area contributed by atoms with Crippen LogP contribution in [0.2, 0.25) is 0 Å². The Morgan fingerprint density at radius 2 is 1.75 bits per heavy atom. The number of methoxy groups -OCH3 is 2. The molecule has 1 aliphatic rings. The number of carbonyl (C=O) groups is 1. The van der Waals surface area contributed by atoms with Gasteiger partial charge in [-0.05, 0) is 35.9 Å². The Morgan fingerprint density at radius 1 is 1.08 bits per heavy atom. The smallest absolute Gasteiger partial charge is 0.363 e. The first-order valence-electron chi connectivity index (χ1n) is 7.11. The van der Waals surface area contributed by atoms with Gasteiger partial charge in [0.2, 0.25) is 5.90 Å². The van der Waals surface area contributed by atoms with Gasteiger partial charge in [-0.15, -0.1) is 0 Å². The lowest BCUT2D eigenvalue weighted by molar-refractivity contribution is -0.129. The number of esters is 1. The number of halogens is 1. The Balaban J connectivity index is 1.99. The van der Waals surface area contributed by atoms with E-state index in [1.165, 1.54) is 32.4 Å². The molecule has 0 radical (unpaired) electrons. The molecule has 1 aliphatic heterocycles. The quantitative estimate of drug-likeness (QED) is 0.639. The zero-order valence-electron chi connectivity index (χ0n) is 13.1. The van der Waals surface area contributed by atoms with Crippen molar-refractivity contribution >= 4 is 17.9 Å². The number of hydrogen-bond donors (Lipinski definition) is 0. The van der Waals surface area contributed by atoms with Crippen LogP contribution >= 0.6 is 0 Å². The normalized spacial score (nSPS) is 15.2. The third-order valence-electron chi connectivity index (χ3n) is 3.40. The summed E-state index contributed by atoms with van der Waals surface area (Å²) in [5.74, 6) is -0.0562. The molecule has 3 rings (SSSR count). The number of ether oxygens (including phenoxy) is 3. The van der Waals surface area contributed by atoms with Crippen LogP contribution in [-0.2, 0) is 9.53 Å². The first kappa shape index (κ1) is 15.7. The fraction of sp³-hybridized carbons (Fsp3) is 0.111. The average molecular weight is 327 g/mol. The molecule has 24 heavy (non-hydrogen) atoms. The number of aliphatic imine (C=N–C) groups is 1. The summed E-state index contributed by atoms with van der Waals surface area (Å²) in [6, 6.07) is 11.1. The molecule has 0 aromatic heterocycles. The molecule has 2 aromatic rings. The summed E-state index contributed by atoms with van der Waals surface area (Å²) >= 11 is 0. The summed E-state index contributed by atoms with van der Waals surface area (Å²) in [5, 5.41) is 0. The second-order valence-electron chi connectivity index (χ2n) is 4.96. The van der Waals surface area contributed by atoms with Gasteiger partial charge in [-0.25, -0.2) is 14.2 Å². The predicted octanol–water partition coefficient (Wildman–Crippen LogP) is 3.19. The van der Waals surface area contributed by atoms with Crippen molar-refractivity contribution < 1.29 is 23.4 Å². The van der Waals surface area contributed by atoms with Crippen molar-refractivity contribution in [1.29, 1.82) is 0 Å². The summed E-state index contributed by atoms with van der Waals surface area (Å²) in [6.07, 6.45) is 1.53. The second-order valence-corrected chi connectivity index (χ2v) is 4.96. The molecule has 1 heterocycles. The Hall–Kier alpha value is -3.15. The van der Waals surface area contributed by atoms with E-state index >= 15 is 0 Å². The zero-order chi connectivity index (χ0) is 17.1. The third kappa shape index (κ3) is 3.12. The van der Waals surface area contributed by atoms with Crippen LogP contribution in [0.15, 0.2) is 53.2 Å². The van der Waals surface area contributed by atoms with Crippen LogP contribution in [0.25, 0.3) is 6.08 Å². The van der Waals surface area contributed by atoms with Crippen molar-refractivity contribution in [3.8, 4) is 11.5 Å². The summed E-state index contributed by atoms with van der Waals surface area (Å²) in [7, 11) is 3.06. The van der Waals surface area contributed by atoms with Crippen LogP contribution in [0, 0.1) is 5.82 Å². The fourth-order valence-corrected chi connectivity index (χ4v) is 2.23. The van der Waals surface area contributed by atoms with Gasteiger partial charge >= 0.3 is 5.97 Å². The standard InChI is InChI=1S/C18H14FNO4/c1-22-12-7-11(8-13(10-12)23-2)9-16-18(21)24-17(20-16)14-5-3-4-6-15(14)19/h3-10H,1-2H3/b16-9+. The Bertz CT molecular complexity index is 836. The summed E-state index contributed by atoms with van der Waals surface area (Å²) in [4.78, 5) is 16.1. The van der Waals surface area contributed by atoms with Crippen LogP contribution in [0.1, 0.15) is 11.1 Å². The van der Waals surface area contributed by atoms with Crippen molar-refractivity contribution in [2.45, 2.75) is 0 Å². The molecule has 0 N–H and O–H groups in total. The van der Waals surface area contributed by atoms with Crippen LogP contribution in [0.3, 0.4) is 0 Å². The van der Waals surface area contributed by atoms with E-state index in [1.807, 2.05) is 0 Å². The van der Waals surface area contributed by atoms with E-state index in [9.17, 15) is 9.18 Å².